The van der Waals surface area contributed by atoms with Crippen LogP contribution in [0.4, 0.5) is 0 Å². The minimum absolute atomic E-state index is 0.0410. The van der Waals surface area contributed by atoms with Crippen molar-refractivity contribution < 1.29 is 13.2 Å². The molecule has 15 heavy (non-hydrogen) atoms. The number of sulfone groups is 1. The average Bonchev–Trinajstić information content (AvgIpc) is 2.43. The molecule has 1 aliphatic heterocycles. The van der Waals surface area contributed by atoms with E-state index in [2.05, 4.69) is 5.32 Å². The van der Waals surface area contributed by atoms with Crippen molar-refractivity contribution in [3.05, 3.63) is 0 Å². The van der Waals surface area contributed by atoms with Crippen molar-refractivity contribution in [1.82, 2.24) is 5.32 Å². The fraction of sp³-hybridized carbons (Fsp3) is 0.889. The molecule has 1 fully saturated rings. The largest absolute Gasteiger partial charge is 0.368 e. The topological polar surface area (TPSA) is 89.3 Å². The second-order valence-electron chi connectivity index (χ2n) is 4.24. The van der Waals surface area contributed by atoms with Crippen molar-refractivity contribution in [3.8, 4) is 0 Å². The molecule has 3 N–H and O–H groups in total. The molecule has 0 aliphatic carbocycles. The summed E-state index contributed by atoms with van der Waals surface area (Å²) in [5.41, 5.74) is 4.24. The van der Waals surface area contributed by atoms with Crippen molar-refractivity contribution in [3.63, 3.8) is 0 Å². The van der Waals surface area contributed by atoms with E-state index in [0.717, 1.165) is 6.42 Å². The van der Waals surface area contributed by atoms with Gasteiger partial charge in [-0.05, 0) is 19.8 Å². The lowest BCUT2D eigenvalue weighted by molar-refractivity contribution is -0.123. The summed E-state index contributed by atoms with van der Waals surface area (Å²) in [5, 5.41) is 3.04. The van der Waals surface area contributed by atoms with E-state index in [4.69, 9.17) is 5.73 Å². The first kappa shape index (κ1) is 12.4. The third-order valence-corrected chi connectivity index (χ3v) is 4.67. The van der Waals surface area contributed by atoms with Gasteiger partial charge >= 0.3 is 0 Å². The standard InChI is InChI=1S/C9H18N2O3S/c1-3-7(2)11-9(8(10)12)4-5-15(13,14)6-9/h7,11H,3-6H2,1-2H3,(H2,10,12). The van der Waals surface area contributed by atoms with Crippen LogP contribution in [0.25, 0.3) is 0 Å². The molecule has 2 atom stereocenters. The van der Waals surface area contributed by atoms with Crippen LogP contribution in [0.2, 0.25) is 0 Å². The van der Waals surface area contributed by atoms with E-state index in [1.54, 1.807) is 0 Å². The SMILES string of the molecule is CCC(C)NC1(C(N)=O)CCS(=O)(=O)C1. The van der Waals surface area contributed by atoms with E-state index >= 15 is 0 Å². The van der Waals surface area contributed by atoms with Gasteiger partial charge in [0.05, 0.1) is 11.5 Å². The maximum atomic E-state index is 11.4. The number of amides is 1. The molecule has 1 amide bonds. The van der Waals surface area contributed by atoms with E-state index in [1.165, 1.54) is 0 Å². The van der Waals surface area contributed by atoms with Gasteiger partial charge < -0.3 is 5.73 Å². The van der Waals surface area contributed by atoms with Gasteiger partial charge in [0.2, 0.25) is 5.91 Å². The monoisotopic (exact) mass is 234 g/mol. The van der Waals surface area contributed by atoms with E-state index in [0.29, 0.717) is 0 Å². The Hall–Kier alpha value is -0.620. The summed E-state index contributed by atoms with van der Waals surface area (Å²) in [6.45, 7) is 3.88. The minimum atomic E-state index is -3.12. The highest BCUT2D eigenvalue weighted by atomic mass is 32.2. The van der Waals surface area contributed by atoms with E-state index in [1.807, 2.05) is 13.8 Å². The Morgan fingerprint density at radius 3 is 2.53 bits per heavy atom. The number of carbonyl (C=O) groups is 1. The van der Waals surface area contributed by atoms with Crippen LogP contribution < -0.4 is 11.1 Å². The average molecular weight is 234 g/mol. The molecule has 1 rings (SSSR count). The second-order valence-corrected chi connectivity index (χ2v) is 6.43. The molecule has 0 bridgehead atoms. The number of primary amides is 1. The molecule has 0 aromatic rings. The molecule has 6 heteroatoms. The van der Waals surface area contributed by atoms with Crippen molar-refractivity contribution >= 4 is 15.7 Å². The van der Waals surface area contributed by atoms with Gasteiger partial charge in [-0.25, -0.2) is 8.42 Å². The predicted octanol–water partition coefficient (Wildman–Crippen LogP) is -0.583. The summed E-state index contributed by atoms with van der Waals surface area (Å²) in [5.74, 6) is -0.692. The number of nitrogens with two attached hydrogens (primary N) is 1. The van der Waals surface area contributed by atoms with Gasteiger partial charge in [-0.1, -0.05) is 6.92 Å². The van der Waals surface area contributed by atoms with Crippen LogP contribution in [-0.4, -0.2) is 37.4 Å². The zero-order valence-corrected chi connectivity index (χ0v) is 9.93. The Balaban J connectivity index is 2.88. The summed E-state index contributed by atoms with van der Waals surface area (Å²) in [4.78, 5) is 11.4. The van der Waals surface area contributed by atoms with E-state index in [9.17, 15) is 13.2 Å². The number of hydrogen-bond donors (Lipinski definition) is 2. The molecule has 0 radical (unpaired) electrons. The van der Waals surface area contributed by atoms with E-state index in [-0.39, 0.29) is 24.0 Å². The smallest absolute Gasteiger partial charge is 0.238 e. The first-order chi connectivity index (χ1) is 6.81. The van der Waals surface area contributed by atoms with Gasteiger partial charge in [0.15, 0.2) is 9.84 Å². The first-order valence-corrected chi connectivity index (χ1v) is 6.91. The molecule has 2 unspecified atom stereocenters. The van der Waals surface area contributed by atoms with Crippen LogP contribution in [0.15, 0.2) is 0 Å². The summed E-state index contributed by atoms with van der Waals surface area (Å²) in [6.07, 6.45) is 1.12. The number of nitrogens with one attached hydrogen (secondary N) is 1. The van der Waals surface area contributed by atoms with Crippen molar-refractivity contribution in [2.24, 2.45) is 5.73 Å². The molecule has 0 aromatic carbocycles. The van der Waals surface area contributed by atoms with Gasteiger partial charge in [-0.3, -0.25) is 10.1 Å². The second kappa shape index (κ2) is 4.09. The third kappa shape index (κ3) is 2.69. The van der Waals surface area contributed by atoms with Gasteiger partial charge in [0, 0.05) is 6.04 Å². The summed E-state index contributed by atoms with van der Waals surface area (Å²) in [7, 11) is -3.12. The quantitative estimate of drug-likeness (QED) is 0.681. The Bertz CT molecular complexity index is 352. The fourth-order valence-corrected chi connectivity index (χ4v) is 3.73. The Kier molecular flexibility index (Phi) is 3.40. The first-order valence-electron chi connectivity index (χ1n) is 5.09. The summed E-state index contributed by atoms with van der Waals surface area (Å²) in [6, 6.07) is 0.0887. The highest BCUT2D eigenvalue weighted by Gasteiger charge is 2.47. The van der Waals surface area contributed by atoms with Crippen molar-refractivity contribution in [1.29, 1.82) is 0 Å². The van der Waals surface area contributed by atoms with Crippen LogP contribution in [-0.2, 0) is 14.6 Å². The Labute approximate surface area is 90.3 Å². The lowest BCUT2D eigenvalue weighted by atomic mass is 9.96. The summed E-state index contributed by atoms with van der Waals surface area (Å²) < 4.78 is 22.7. The van der Waals surface area contributed by atoms with Gasteiger partial charge in [0.25, 0.3) is 0 Å². The number of carbonyl (C=O) groups excluding carboxylic acids is 1. The lowest BCUT2D eigenvalue weighted by Crippen LogP contribution is -2.59. The highest BCUT2D eigenvalue weighted by Crippen LogP contribution is 2.24. The Morgan fingerprint density at radius 2 is 2.20 bits per heavy atom. The predicted molar refractivity (Wildman–Crippen MR) is 58.1 cm³/mol. The molecular formula is C9H18N2O3S. The minimum Gasteiger partial charge on any atom is -0.368 e. The van der Waals surface area contributed by atoms with Crippen LogP contribution in [0.5, 0.6) is 0 Å². The van der Waals surface area contributed by atoms with Crippen molar-refractivity contribution in [2.45, 2.75) is 38.3 Å². The molecular weight excluding hydrogens is 216 g/mol. The number of hydrogen-bond acceptors (Lipinski definition) is 4. The molecule has 0 saturated carbocycles. The zero-order valence-electron chi connectivity index (χ0n) is 9.12. The van der Waals surface area contributed by atoms with Crippen molar-refractivity contribution in [2.75, 3.05) is 11.5 Å². The van der Waals surface area contributed by atoms with Gasteiger partial charge in [0.1, 0.15) is 5.54 Å². The Morgan fingerprint density at radius 1 is 1.60 bits per heavy atom. The molecule has 0 aromatic heterocycles. The lowest BCUT2D eigenvalue weighted by Gasteiger charge is -2.28. The highest BCUT2D eigenvalue weighted by molar-refractivity contribution is 7.91. The zero-order chi connectivity index (χ0) is 11.7. The molecule has 1 aliphatic rings. The van der Waals surface area contributed by atoms with Crippen LogP contribution in [0, 0.1) is 0 Å². The normalized spacial score (nSPS) is 31.3. The van der Waals surface area contributed by atoms with Crippen LogP contribution in [0.3, 0.4) is 0 Å². The van der Waals surface area contributed by atoms with E-state index < -0.39 is 21.3 Å². The molecule has 1 saturated heterocycles. The van der Waals surface area contributed by atoms with Crippen LogP contribution >= 0.6 is 0 Å². The van der Waals surface area contributed by atoms with Crippen LogP contribution in [0.1, 0.15) is 26.7 Å². The van der Waals surface area contributed by atoms with Gasteiger partial charge in [-0.15, -0.1) is 0 Å². The fourth-order valence-electron chi connectivity index (χ4n) is 1.80. The molecule has 88 valence electrons. The van der Waals surface area contributed by atoms with Gasteiger partial charge in [-0.2, -0.15) is 0 Å². The molecule has 0 spiro atoms. The third-order valence-electron chi connectivity index (χ3n) is 2.91. The molecule has 1 heterocycles. The maximum Gasteiger partial charge on any atom is 0.238 e. The molecule has 5 nitrogen and oxygen atoms in total. The maximum absolute atomic E-state index is 11.4. The number of rotatable bonds is 4. The summed E-state index contributed by atoms with van der Waals surface area (Å²) >= 11 is 0.